The minimum absolute atomic E-state index is 0.0771. The number of anilines is 4. The third kappa shape index (κ3) is 8.62. The molecule has 0 aliphatic carbocycles. The molecule has 44 heavy (non-hydrogen) atoms. The van der Waals surface area contributed by atoms with E-state index in [1.807, 2.05) is 19.9 Å². The highest BCUT2D eigenvalue weighted by atomic mass is 35.5. The van der Waals surface area contributed by atoms with Crippen LogP contribution < -0.4 is 15.4 Å². The maximum absolute atomic E-state index is 13.0. The molecule has 4 rings (SSSR count). The van der Waals surface area contributed by atoms with Crippen LogP contribution in [0, 0.1) is 6.92 Å². The van der Waals surface area contributed by atoms with Gasteiger partial charge >= 0.3 is 0 Å². The summed E-state index contributed by atoms with van der Waals surface area (Å²) < 4.78 is 55.3. The lowest BCUT2D eigenvalue weighted by Gasteiger charge is -2.33. The van der Waals surface area contributed by atoms with Gasteiger partial charge in [0.1, 0.15) is 20.6 Å². The molecule has 1 aromatic heterocycles. The molecule has 3 aromatic rings. The van der Waals surface area contributed by atoms with Gasteiger partial charge in [-0.05, 0) is 102 Å². The van der Waals surface area contributed by atoms with Gasteiger partial charge in [-0.3, -0.25) is 0 Å². The van der Waals surface area contributed by atoms with Gasteiger partial charge in [0, 0.05) is 12.8 Å². The number of piperidine rings is 1. The zero-order valence-corrected chi connectivity index (χ0v) is 28.5. The number of aryl methyl sites for hydroxylation is 1. The van der Waals surface area contributed by atoms with Crippen LogP contribution in [0.3, 0.4) is 0 Å². The van der Waals surface area contributed by atoms with Crippen LogP contribution in [0.25, 0.3) is 0 Å². The molecule has 1 fully saturated rings. The van der Waals surface area contributed by atoms with E-state index in [0.29, 0.717) is 29.6 Å². The van der Waals surface area contributed by atoms with Gasteiger partial charge in [-0.25, -0.2) is 21.8 Å². The topological polar surface area (TPSA) is 131 Å². The summed E-state index contributed by atoms with van der Waals surface area (Å²) in [7, 11) is -6.54. The van der Waals surface area contributed by atoms with Crippen LogP contribution in [0.5, 0.6) is 5.75 Å². The Balaban J connectivity index is 1.57. The van der Waals surface area contributed by atoms with E-state index in [-0.39, 0.29) is 33.5 Å². The van der Waals surface area contributed by atoms with Crippen molar-refractivity contribution in [3.8, 4) is 5.75 Å². The predicted molar refractivity (Wildman–Crippen MR) is 177 cm³/mol. The third-order valence-corrected chi connectivity index (χ3v) is 11.0. The maximum Gasteiger partial charge on any atom is 0.229 e. The zero-order valence-electron chi connectivity index (χ0n) is 26.1. The van der Waals surface area contributed by atoms with E-state index in [0.717, 1.165) is 31.5 Å². The lowest BCUT2D eigenvalue weighted by atomic mass is 9.86. The van der Waals surface area contributed by atoms with E-state index in [2.05, 4.69) is 38.5 Å². The first-order valence-corrected chi connectivity index (χ1v) is 18.7. The smallest absolute Gasteiger partial charge is 0.229 e. The molecule has 0 unspecified atom stereocenters. The van der Waals surface area contributed by atoms with Crippen molar-refractivity contribution in [2.24, 2.45) is 0 Å². The summed E-state index contributed by atoms with van der Waals surface area (Å²) in [6.07, 6.45) is 4.53. The van der Waals surface area contributed by atoms with Crippen molar-refractivity contribution in [3.63, 3.8) is 0 Å². The summed E-state index contributed by atoms with van der Waals surface area (Å²) in [5, 5.41) is 6.00. The second kappa shape index (κ2) is 14.0. The molecule has 1 aliphatic rings. The lowest BCUT2D eigenvalue weighted by Crippen LogP contribution is -2.36. The first kappa shape index (κ1) is 34.0. The van der Waals surface area contributed by atoms with Crippen molar-refractivity contribution in [2.75, 3.05) is 42.3 Å². The molecule has 0 saturated carbocycles. The number of aromatic nitrogens is 2. The summed E-state index contributed by atoms with van der Waals surface area (Å²) in [4.78, 5) is 11.3. The summed E-state index contributed by atoms with van der Waals surface area (Å²) in [6.45, 7) is 11.5. The normalized spacial score (nSPS) is 15.1. The largest absolute Gasteiger partial charge is 0.489 e. The first-order chi connectivity index (χ1) is 20.6. The van der Waals surface area contributed by atoms with E-state index >= 15 is 0 Å². The van der Waals surface area contributed by atoms with Crippen LogP contribution in [0.4, 0.5) is 23.1 Å². The Bertz CT molecular complexity index is 1690. The van der Waals surface area contributed by atoms with Crippen LogP contribution in [-0.2, 0) is 19.7 Å². The average molecular weight is 664 g/mol. The van der Waals surface area contributed by atoms with Gasteiger partial charge in [-0.15, -0.1) is 0 Å². The van der Waals surface area contributed by atoms with Crippen LogP contribution >= 0.6 is 11.6 Å². The number of likely N-dealkylation sites (tertiary alicyclic amines) is 1. The lowest BCUT2D eigenvalue weighted by molar-refractivity contribution is 0.221. The number of hydrogen-bond acceptors (Lipinski definition) is 10. The quantitative estimate of drug-likeness (QED) is 0.234. The van der Waals surface area contributed by atoms with Gasteiger partial charge in [-0.1, -0.05) is 23.7 Å². The molecule has 2 aromatic carbocycles. The van der Waals surface area contributed by atoms with Crippen LogP contribution in [0.15, 0.2) is 47.5 Å². The van der Waals surface area contributed by atoms with Crippen molar-refractivity contribution >= 4 is 54.4 Å². The number of sulfone groups is 2. The number of nitrogens with zero attached hydrogens (tertiary/aromatic N) is 3. The van der Waals surface area contributed by atoms with Crippen molar-refractivity contribution in [1.82, 2.24) is 14.9 Å². The highest BCUT2D eigenvalue weighted by Gasteiger charge is 2.25. The summed E-state index contributed by atoms with van der Waals surface area (Å²) in [5.74, 6) is 1.70. The Morgan fingerprint density at radius 2 is 1.70 bits per heavy atom. The fourth-order valence-corrected chi connectivity index (χ4v) is 7.12. The molecule has 1 aliphatic heterocycles. The molecule has 0 atom stereocenters. The van der Waals surface area contributed by atoms with Crippen molar-refractivity contribution in [2.45, 2.75) is 69.6 Å². The Kier molecular flexibility index (Phi) is 10.8. The third-order valence-electron chi connectivity index (χ3n) is 7.59. The first-order valence-electron chi connectivity index (χ1n) is 14.7. The van der Waals surface area contributed by atoms with Crippen molar-refractivity contribution in [1.29, 1.82) is 0 Å². The molecule has 0 spiro atoms. The van der Waals surface area contributed by atoms with Crippen molar-refractivity contribution < 1.29 is 21.6 Å². The number of benzene rings is 2. The maximum atomic E-state index is 13.0. The van der Waals surface area contributed by atoms with E-state index in [1.54, 1.807) is 38.1 Å². The zero-order chi connectivity index (χ0) is 32.2. The highest BCUT2D eigenvalue weighted by Crippen LogP contribution is 2.38. The highest BCUT2D eigenvalue weighted by molar-refractivity contribution is 7.92. The Morgan fingerprint density at radius 3 is 2.34 bits per heavy atom. The number of rotatable bonds is 12. The molecular formula is C31H42ClN5O5S2. The Morgan fingerprint density at radius 1 is 1.02 bits per heavy atom. The van der Waals surface area contributed by atoms with Crippen LogP contribution in [0.2, 0.25) is 5.02 Å². The summed E-state index contributed by atoms with van der Waals surface area (Å²) >= 11 is 6.44. The van der Waals surface area contributed by atoms with Gasteiger partial charge in [0.25, 0.3) is 0 Å². The fourth-order valence-electron chi connectivity index (χ4n) is 5.19. The summed E-state index contributed by atoms with van der Waals surface area (Å²) in [5.41, 5.74) is 3.37. The van der Waals surface area contributed by atoms with Gasteiger partial charge in [-0.2, -0.15) is 4.98 Å². The fraction of sp³-hybridized carbons (Fsp3) is 0.484. The molecule has 10 nitrogen and oxygen atoms in total. The Labute approximate surface area is 266 Å². The Hall–Kier alpha value is -2.93. The van der Waals surface area contributed by atoms with Gasteiger partial charge in [0.05, 0.1) is 39.6 Å². The summed E-state index contributed by atoms with van der Waals surface area (Å²) in [6, 6.07) is 10.8. The average Bonchev–Trinajstić information content (AvgIpc) is 2.95. The number of para-hydroxylation sites is 1. The molecule has 13 heteroatoms. The predicted octanol–water partition coefficient (Wildman–Crippen LogP) is 6.12. The van der Waals surface area contributed by atoms with Gasteiger partial charge in [0.2, 0.25) is 5.95 Å². The number of ether oxygens (including phenoxy) is 1. The standard InChI is InChI=1S/C31H42ClN5O5S2/c1-20(2)42-28-18-24(23-11-13-37(14-12-23)15-16-43(6,38)39)22(5)17-27(28)35-31-33-19-25(32)30(36-31)34-26-9-7-8-10-29(26)44(40,41)21(3)4/h7-10,17-21,23H,11-16H2,1-6H3,(H2,33,34,35,36). The van der Waals surface area contributed by atoms with E-state index in [9.17, 15) is 16.8 Å². The molecule has 0 radical (unpaired) electrons. The minimum Gasteiger partial charge on any atom is -0.489 e. The van der Waals surface area contributed by atoms with Crippen LogP contribution in [0.1, 0.15) is 57.6 Å². The van der Waals surface area contributed by atoms with Crippen molar-refractivity contribution in [3.05, 3.63) is 58.7 Å². The van der Waals surface area contributed by atoms with Gasteiger partial charge in [0.15, 0.2) is 15.7 Å². The van der Waals surface area contributed by atoms with Crippen LogP contribution in [-0.4, -0.2) is 74.7 Å². The van der Waals surface area contributed by atoms with Gasteiger partial charge < -0.3 is 20.3 Å². The molecule has 1 saturated heterocycles. The molecule has 2 heterocycles. The molecule has 2 N–H and O–H groups in total. The molecule has 0 bridgehead atoms. The minimum atomic E-state index is -3.55. The molecule has 240 valence electrons. The van der Waals surface area contributed by atoms with E-state index in [1.165, 1.54) is 18.0 Å². The van der Waals surface area contributed by atoms with E-state index < -0.39 is 24.9 Å². The molecular weight excluding hydrogens is 622 g/mol. The SMILES string of the molecule is Cc1cc(Nc2ncc(Cl)c(Nc3ccccc3S(=O)(=O)C(C)C)n2)c(OC(C)C)cc1C1CCN(CCS(C)(=O)=O)CC1. The molecule has 0 amide bonds. The second-order valence-electron chi connectivity index (χ2n) is 11.8. The number of nitrogens with one attached hydrogen (secondary N) is 2. The van der Waals surface area contributed by atoms with E-state index in [4.69, 9.17) is 16.3 Å². The monoisotopic (exact) mass is 663 g/mol. The number of halogens is 1. The number of hydrogen-bond donors (Lipinski definition) is 2. The second-order valence-corrected chi connectivity index (χ2v) is 17.0.